The summed E-state index contributed by atoms with van der Waals surface area (Å²) in [5, 5.41) is 1.27. The third-order valence-electron chi connectivity index (χ3n) is 5.44. The molecule has 4 rings (SSSR count). The van der Waals surface area contributed by atoms with Gasteiger partial charge in [0.1, 0.15) is 5.82 Å². The van der Waals surface area contributed by atoms with Gasteiger partial charge < -0.3 is 9.47 Å². The van der Waals surface area contributed by atoms with Gasteiger partial charge in [0, 0.05) is 36.9 Å². The minimum atomic E-state index is -0.190. The molecule has 3 heterocycles. The van der Waals surface area contributed by atoms with Crippen LogP contribution in [-0.2, 0) is 6.54 Å². The van der Waals surface area contributed by atoms with E-state index in [4.69, 9.17) is 4.98 Å². The predicted octanol–water partition coefficient (Wildman–Crippen LogP) is 4.83. The average Bonchev–Trinajstić information content (AvgIpc) is 2.89. The van der Waals surface area contributed by atoms with Crippen LogP contribution in [0.5, 0.6) is 0 Å². The van der Waals surface area contributed by atoms with E-state index in [9.17, 15) is 4.39 Å². The van der Waals surface area contributed by atoms with Crippen LogP contribution in [0.3, 0.4) is 0 Å². The second-order valence-electron chi connectivity index (χ2n) is 7.00. The normalized spacial score (nSPS) is 15.1. The molecule has 2 aromatic heterocycles. The first-order chi connectivity index (χ1) is 12.1. The number of hydrogen-bond acceptors (Lipinski definition) is 2. The molecule has 25 heavy (non-hydrogen) atoms. The first-order valence-electron chi connectivity index (χ1n) is 9.09. The van der Waals surface area contributed by atoms with Crippen molar-refractivity contribution in [1.29, 1.82) is 0 Å². The number of aromatic nitrogens is 2. The largest absolute Gasteiger partial charge is 0.355 e. The molecule has 1 aliphatic rings. The van der Waals surface area contributed by atoms with Crippen LogP contribution in [-0.4, -0.2) is 22.6 Å². The number of hydrogen-bond donors (Lipinski definition) is 0. The molecule has 0 aliphatic carbocycles. The Morgan fingerprint density at radius 1 is 1.00 bits per heavy atom. The van der Waals surface area contributed by atoms with Gasteiger partial charge in [0.25, 0.3) is 0 Å². The van der Waals surface area contributed by atoms with Crippen LogP contribution in [0.1, 0.15) is 36.1 Å². The van der Waals surface area contributed by atoms with E-state index in [0.29, 0.717) is 0 Å². The van der Waals surface area contributed by atoms with Gasteiger partial charge in [-0.15, -0.1) is 0 Å². The molecule has 4 heteroatoms. The maximum absolute atomic E-state index is 13.2. The Labute approximate surface area is 148 Å². The molecule has 1 aromatic carbocycles. The van der Waals surface area contributed by atoms with Crippen molar-refractivity contribution >= 4 is 16.7 Å². The Kier molecular flexibility index (Phi) is 4.20. The number of anilines is 1. The summed E-state index contributed by atoms with van der Waals surface area (Å²) in [7, 11) is 0. The zero-order chi connectivity index (χ0) is 17.4. The Bertz CT molecular complexity index is 890. The van der Waals surface area contributed by atoms with E-state index in [1.54, 1.807) is 0 Å². The van der Waals surface area contributed by atoms with E-state index in [1.165, 1.54) is 53.6 Å². The molecule has 0 bridgehead atoms. The highest BCUT2D eigenvalue weighted by molar-refractivity contribution is 5.93. The molecule has 0 unspecified atom stereocenters. The van der Waals surface area contributed by atoms with E-state index in [2.05, 4.69) is 29.4 Å². The van der Waals surface area contributed by atoms with Crippen molar-refractivity contribution in [3.8, 4) is 0 Å². The van der Waals surface area contributed by atoms with Crippen LogP contribution in [0.4, 0.5) is 10.2 Å². The maximum atomic E-state index is 13.2. The van der Waals surface area contributed by atoms with Crippen molar-refractivity contribution in [1.82, 2.24) is 9.55 Å². The van der Waals surface area contributed by atoms with Crippen molar-refractivity contribution in [2.24, 2.45) is 0 Å². The Morgan fingerprint density at radius 2 is 1.72 bits per heavy atom. The Balaban J connectivity index is 1.84. The summed E-state index contributed by atoms with van der Waals surface area (Å²) in [6, 6.07) is 8.92. The molecule has 3 nitrogen and oxygen atoms in total. The van der Waals surface area contributed by atoms with E-state index in [1.807, 2.05) is 18.3 Å². The topological polar surface area (TPSA) is 21.1 Å². The highest BCUT2D eigenvalue weighted by atomic mass is 19.1. The molecule has 0 radical (unpaired) electrons. The summed E-state index contributed by atoms with van der Waals surface area (Å²) in [6.07, 6.45) is 5.70. The van der Waals surface area contributed by atoms with Crippen molar-refractivity contribution in [2.45, 2.75) is 39.7 Å². The molecule has 1 saturated heterocycles. The first kappa shape index (κ1) is 16.1. The summed E-state index contributed by atoms with van der Waals surface area (Å²) in [4.78, 5) is 7.17. The van der Waals surface area contributed by atoms with Crippen molar-refractivity contribution in [3.05, 3.63) is 59.2 Å². The highest BCUT2D eigenvalue weighted by Gasteiger charge is 2.20. The van der Waals surface area contributed by atoms with Crippen LogP contribution in [0, 0.1) is 19.7 Å². The minimum absolute atomic E-state index is 0.190. The molecule has 130 valence electrons. The van der Waals surface area contributed by atoms with Gasteiger partial charge in [-0.1, -0.05) is 12.1 Å². The molecule has 0 saturated carbocycles. The fraction of sp³-hybridized carbons (Fsp3) is 0.381. The fourth-order valence-corrected chi connectivity index (χ4v) is 3.88. The van der Waals surface area contributed by atoms with Crippen molar-refractivity contribution in [2.75, 3.05) is 18.0 Å². The number of halogens is 1. The number of pyridine rings is 1. The number of fused-ring (bicyclic) bond motifs is 1. The number of aryl methyl sites for hydroxylation is 1. The van der Waals surface area contributed by atoms with E-state index in [-0.39, 0.29) is 5.82 Å². The minimum Gasteiger partial charge on any atom is -0.355 e. The second kappa shape index (κ2) is 6.51. The van der Waals surface area contributed by atoms with Gasteiger partial charge in [-0.05, 0) is 62.4 Å². The lowest BCUT2D eigenvalue weighted by Gasteiger charge is -2.28. The monoisotopic (exact) mass is 337 g/mol. The number of rotatable bonds is 3. The smallest absolute Gasteiger partial charge is 0.153 e. The zero-order valence-electron chi connectivity index (χ0n) is 14.9. The SMILES string of the molecule is Cc1c(C)n(Cc2ccc(F)cc2)c2c(N3CCCCC3)nccc12. The van der Waals surface area contributed by atoms with Crippen LogP contribution in [0.2, 0.25) is 0 Å². The summed E-state index contributed by atoms with van der Waals surface area (Å²) >= 11 is 0. The predicted molar refractivity (Wildman–Crippen MR) is 101 cm³/mol. The van der Waals surface area contributed by atoms with Gasteiger partial charge in [-0.25, -0.2) is 9.37 Å². The Hall–Kier alpha value is -2.36. The molecule has 1 fully saturated rings. The summed E-state index contributed by atoms with van der Waals surface area (Å²) in [5.41, 5.74) is 4.88. The Morgan fingerprint density at radius 3 is 2.44 bits per heavy atom. The number of nitrogens with zero attached hydrogens (tertiary/aromatic N) is 3. The van der Waals surface area contributed by atoms with Gasteiger partial charge in [0.15, 0.2) is 5.82 Å². The second-order valence-corrected chi connectivity index (χ2v) is 7.00. The van der Waals surface area contributed by atoms with Gasteiger partial charge in [-0.3, -0.25) is 0 Å². The standard InChI is InChI=1S/C21H24FN3/c1-15-16(2)25(14-17-6-8-18(22)9-7-17)20-19(15)10-11-23-21(20)24-12-4-3-5-13-24/h6-11H,3-5,12-14H2,1-2H3. The lowest BCUT2D eigenvalue weighted by Crippen LogP contribution is -2.30. The van der Waals surface area contributed by atoms with Gasteiger partial charge >= 0.3 is 0 Å². The lowest BCUT2D eigenvalue weighted by molar-refractivity contribution is 0.574. The molecule has 0 spiro atoms. The van der Waals surface area contributed by atoms with Crippen molar-refractivity contribution < 1.29 is 4.39 Å². The average molecular weight is 337 g/mol. The summed E-state index contributed by atoms with van der Waals surface area (Å²) in [5.74, 6) is 0.903. The van der Waals surface area contributed by atoms with Crippen LogP contribution < -0.4 is 4.90 Å². The van der Waals surface area contributed by atoms with Crippen LogP contribution in [0.15, 0.2) is 36.5 Å². The van der Waals surface area contributed by atoms with Gasteiger partial charge in [0.2, 0.25) is 0 Å². The lowest BCUT2D eigenvalue weighted by atomic mass is 10.1. The maximum Gasteiger partial charge on any atom is 0.153 e. The fourth-order valence-electron chi connectivity index (χ4n) is 3.88. The molecule has 0 atom stereocenters. The van der Waals surface area contributed by atoms with Crippen LogP contribution >= 0.6 is 0 Å². The van der Waals surface area contributed by atoms with Gasteiger partial charge in [0.05, 0.1) is 5.52 Å². The molecule has 0 amide bonds. The van der Waals surface area contributed by atoms with Crippen molar-refractivity contribution in [3.63, 3.8) is 0 Å². The third kappa shape index (κ3) is 2.90. The third-order valence-corrected chi connectivity index (χ3v) is 5.44. The molecular formula is C21H24FN3. The van der Waals surface area contributed by atoms with E-state index in [0.717, 1.165) is 31.0 Å². The quantitative estimate of drug-likeness (QED) is 0.682. The zero-order valence-corrected chi connectivity index (χ0v) is 14.9. The molecule has 0 N–H and O–H groups in total. The summed E-state index contributed by atoms with van der Waals surface area (Å²) < 4.78 is 15.6. The molecule has 1 aliphatic heterocycles. The van der Waals surface area contributed by atoms with Crippen LogP contribution in [0.25, 0.3) is 10.9 Å². The van der Waals surface area contributed by atoms with E-state index >= 15 is 0 Å². The van der Waals surface area contributed by atoms with Gasteiger partial charge in [-0.2, -0.15) is 0 Å². The summed E-state index contributed by atoms with van der Waals surface area (Å²) in [6.45, 7) is 7.23. The number of benzene rings is 1. The molecule has 3 aromatic rings. The number of piperidine rings is 1. The molecular weight excluding hydrogens is 313 g/mol. The first-order valence-corrected chi connectivity index (χ1v) is 9.09. The van der Waals surface area contributed by atoms with E-state index < -0.39 is 0 Å². The highest BCUT2D eigenvalue weighted by Crippen LogP contribution is 2.33.